The van der Waals surface area contributed by atoms with E-state index in [1.54, 1.807) is 12.1 Å². The van der Waals surface area contributed by atoms with Crippen LogP contribution in [-0.4, -0.2) is 25.9 Å². The largest absolute Gasteiger partial charge is 1.00 e. The first kappa shape index (κ1) is 43.7. The molecule has 258 valence electrons. The Bertz CT molecular complexity index is 1230. The minimum Gasteiger partial charge on any atom is -1.00 e. The van der Waals surface area contributed by atoms with Crippen LogP contribution in [0.25, 0.3) is 0 Å². The Hall–Kier alpha value is -0.304. The fourth-order valence-electron chi connectivity index (χ4n) is 5.73. The zero-order chi connectivity index (χ0) is 33.0. The zero-order valence-corrected chi connectivity index (χ0v) is 33.5. The topological polar surface area (TPSA) is 118 Å². The second kappa shape index (κ2) is 24.8. The third-order valence-corrected chi connectivity index (χ3v) is 10.0. The summed E-state index contributed by atoms with van der Waals surface area (Å²) in [5.74, 6) is 0.370. The molecule has 0 aliphatic rings. The van der Waals surface area contributed by atoms with Gasteiger partial charge in [-0.1, -0.05) is 129 Å². The molecule has 0 atom stereocenters. The van der Waals surface area contributed by atoms with E-state index in [1.165, 1.54) is 114 Å². The summed E-state index contributed by atoms with van der Waals surface area (Å²) in [7, 11) is -8.95. The average Bonchev–Trinajstić information content (AvgIpc) is 2.98. The minimum absolute atomic E-state index is 0. The van der Waals surface area contributed by atoms with Crippen molar-refractivity contribution in [3.8, 4) is 11.5 Å². The van der Waals surface area contributed by atoms with E-state index in [4.69, 9.17) is 4.74 Å². The van der Waals surface area contributed by atoms with Crippen LogP contribution in [-0.2, 0) is 33.1 Å². The summed E-state index contributed by atoms with van der Waals surface area (Å²) in [6.07, 6.45) is 25.1. The van der Waals surface area contributed by atoms with Gasteiger partial charge in [-0.05, 0) is 61.1 Å². The Balaban J connectivity index is 0.0000106. The molecule has 2 N–H and O–H groups in total. The fourth-order valence-corrected chi connectivity index (χ4v) is 6.87. The van der Waals surface area contributed by atoms with Crippen molar-refractivity contribution in [1.29, 1.82) is 0 Å². The van der Waals surface area contributed by atoms with Crippen molar-refractivity contribution in [1.82, 2.24) is 0 Å². The maximum atomic E-state index is 12.0. The van der Waals surface area contributed by atoms with Crippen LogP contribution in [0.15, 0.2) is 46.2 Å². The minimum atomic E-state index is -4.48. The van der Waals surface area contributed by atoms with Gasteiger partial charge in [0.1, 0.15) is 11.5 Å². The van der Waals surface area contributed by atoms with Crippen molar-refractivity contribution in [2.75, 3.05) is 0 Å². The summed E-state index contributed by atoms with van der Waals surface area (Å²) < 4.78 is 73.6. The molecule has 0 aliphatic carbocycles. The number of benzene rings is 2. The Morgan fingerprint density at radius 2 is 0.761 bits per heavy atom. The molecule has 0 heterocycles. The van der Waals surface area contributed by atoms with Crippen molar-refractivity contribution < 1.29 is 83.5 Å². The van der Waals surface area contributed by atoms with Crippen molar-refractivity contribution in [3.63, 3.8) is 0 Å². The van der Waals surface area contributed by atoms with Gasteiger partial charge in [0.15, 0.2) is 0 Å². The SMILES string of the molecule is CCCCCCCCCCCCc1cc(Oc2cc(CCCCCCCCCCCC)cc(S(=O)(=O)O)c2)cc(S(=O)(=O)O)c1.[H-].[K+]. The van der Waals surface area contributed by atoms with Gasteiger partial charge < -0.3 is 6.16 Å². The number of hydrogen-bond acceptors (Lipinski definition) is 5. The van der Waals surface area contributed by atoms with Gasteiger partial charge in [0, 0.05) is 12.1 Å². The van der Waals surface area contributed by atoms with Crippen molar-refractivity contribution >= 4 is 20.2 Å². The first-order valence-corrected chi connectivity index (χ1v) is 20.3. The molecular formula is C36H59KO7S2. The normalized spacial score (nSPS) is 11.8. The molecule has 7 nitrogen and oxygen atoms in total. The van der Waals surface area contributed by atoms with Gasteiger partial charge in [0.2, 0.25) is 0 Å². The monoisotopic (exact) mass is 706 g/mol. The Kier molecular flexibility index (Phi) is 23.5. The summed E-state index contributed by atoms with van der Waals surface area (Å²) in [5.41, 5.74) is 1.44. The Morgan fingerprint density at radius 3 is 1.04 bits per heavy atom. The van der Waals surface area contributed by atoms with Gasteiger partial charge in [0.05, 0.1) is 9.79 Å². The Labute approximate surface area is 324 Å². The standard InChI is InChI=1S/C36H58O7S2.K.H/c1-3-5-7-9-11-13-15-17-19-21-23-31-25-33(29-35(27-31)44(37,38)39)43-34-26-32(28-36(30-34)45(40,41)42)24-22-20-18-16-14-12-10-8-6-4-2;;/h25-30H,3-24H2,1-2H3,(H,37,38,39)(H,40,41,42);;/q;+1;-1. The first-order chi connectivity index (χ1) is 21.5. The van der Waals surface area contributed by atoms with Gasteiger partial charge in [-0.25, -0.2) is 0 Å². The molecule has 2 aromatic carbocycles. The number of aryl methyl sites for hydroxylation is 2. The van der Waals surface area contributed by atoms with E-state index in [0.29, 0.717) is 12.8 Å². The van der Waals surface area contributed by atoms with E-state index in [0.717, 1.165) is 49.7 Å². The summed E-state index contributed by atoms with van der Waals surface area (Å²) in [6.45, 7) is 4.44. The van der Waals surface area contributed by atoms with E-state index in [2.05, 4.69) is 13.8 Å². The molecule has 0 spiro atoms. The average molecular weight is 707 g/mol. The predicted molar refractivity (Wildman–Crippen MR) is 185 cm³/mol. The molecule has 0 saturated carbocycles. The third-order valence-electron chi connectivity index (χ3n) is 8.35. The summed E-state index contributed by atoms with van der Waals surface area (Å²) in [4.78, 5) is -0.530. The number of ether oxygens (including phenoxy) is 1. The van der Waals surface area contributed by atoms with Gasteiger partial charge in [-0.15, -0.1) is 0 Å². The molecule has 2 rings (SSSR count). The quantitative estimate of drug-likeness (QED) is 0.0578. The predicted octanol–water partition coefficient (Wildman–Crippen LogP) is 8.02. The summed E-state index contributed by atoms with van der Waals surface area (Å²) >= 11 is 0. The van der Waals surface area contributed by atoms with Crippen molar-refractivity contribution in [2.45, 2.75) is 165 Å². The van der Waals surface area contributed by atoms with Crippen LogP contribution in [0.2, 0.25) is 0 Å². The molecule has 0 aliphatic heterocycles. The maximum Gasteiger partial charge on any atom is 1.00 e. The van der Waals surface area contributed by atoms with E-state index in [-0.39, 0.29) is 74.1 Å². The number of rotatable bonds is 26. The third kappa shape index (κ3) is 19.6. The second-order valence-corrected chi connectivity index (χ2v) is 15.4. The van der Waals surface area contributed by atoms with Gasteiger partial charge in [-0.2, -0.15) is 16.8 Å². The van der Waals surface area contributed by atoms with Crippen molar-refractivity contribution in [2.24, 2.45) is 0 Å². The zero-order valence-electron chi connectivity index (χ0n) is 29.8. The molecular weight excluding hydrogens is 648 g/mol. The van der Waals surface area contributed by atoms with Crippen LogP contribution >= 0.6 is 0 Å². The Morgan fingerprint density at radius 1 is 0.478 bits per heavy atom. The number of unbranched alkanes of at least 4 members (excludes halogenated alkanes) is 18. The van der Waals surface area contributed by atoms with Crippen LogP contribution in [0.5, 0.6) is 11.5 Å². The molecule has 10 heteroatoms. The van der Waals surface area contributed by atoms with E-state index in [1.807, 2.05) is 0 Å². The second-order valence-electron chi connectivity index (χ2n) is 12.5. The molecule has 0 aromatic heterocycles. The van der Waals surface area contributed by atoms with Crippen LogP contribution < -0.4 is 56.1 Å². The maximum absolute atomic E-state index is 12.0. The van der Waals surface area contributed by atoms with E-state index in [9.17, 15) is 25.9 Å². The van der Waals surface area contributed by atoms with Crippen LogP contribution in [0, 0.1) is 0 Å². The smallest absolute Gasteiger partial charge is 1.00 e. The summed E-state index contributed by atoms with van der Waals surface area (Å²) in [6, 6.07) is 8.84. The van der Waals surface area contributed by atoms with Gasteiger partial charge >= 0.3 is 51.4 Å². The van der Waals surface area contributed by atoms with Crippen LogP contribution in [0.3, 0.4) is 0 Å². The van der Waals surface area contributed by atoms with E-state index >= 15 is 0 Å². The van der Waals surface area contributed by atoms with Crippen molar-refractivity contribution in [3.05, 3.63) is 47.5 Å². The first-order valence-electron chi connectivity index (χ1n) is 17.4. The molecule has 46 heavy (non-hydrogen) atoms. The van der Waals surface area contributed by atoms with Crippen LogP contribution in [0.1, 0.15) is 155 Å². The molecule has 0 saturated heterocycles. The number of hydrogen-bond donors (Lipinski definition) is 2. The van der Waals surface area contributed by atoms with Gasteiger partial charge in [0.25, 0.3) is 20.2 Å². The molecule has 0 amide bonds. The summed E-state index contributed by atoms with van der Waals surface area (Å²) in [5, 5.41) is 0. The molecule has 0 radical (unpaired) electrons. The fraction of sp³-hybridized carbons (Fsp3) is 0.667. The van der Waals surface area contributed by atoms with Crippen LogP contribution in [0.4, 0.5) is 0 Å². The molecule has 0 bridgehead atoms. The molecule has 2 aromatic rings. The van der Waals surface area contributed by atoms with E-state index < -0.39 is 20.2 Å². The molecule has 0 fully saturated rings. The molecule has 0 unspecified atom stereocenters. The van der Waals surface area contributed by atoms with Gasteiger partial charge in [-0.3, -0.25) is 9.11 Å².